The maximum absolute atomic E-state index is 12.1. The maximum atomic E-state index is 12.1. The molecule has 2 aliphatic rings. The highest BCUT2D eigenvalue weighted by molar-refractivity contribution is 6.01. The van der Waals surface area contributed by atoms with Crippen LogP contribution in [-0.2, 0) is 16.1 Å². The fraction of sp³-hybridized carbons (Fsp3) is 0.263. The van der Waals surface area contributed by atoms with Gasteiger partial charge in [-0.25, -0.2) is 0 Å². The van der Waals surface area contributed by atoms with Crippen molar-refractivity contribution in [1.29, 1.82) is 0 Å². The van der Waals surface area contributed by atoms with Gasteiger partial charge in [0.1, 0.15) is 11.8 Å². The second-order valence-electron chi connectivity index (χ2n) is 11.8. The molecule has 230 valence electrons. The topological polar surface area (TPSA) is 84.9 Å². The SMILES string of the molecule is CCC(=C(c1ccc(O)cc1)c1ccc(N2CCN(Cc3ccc(NC4CCC(=O)NC4=O)cc3)CC2)cc1)c1ccccc1. The highest BCUT2D eigenvalue weighted by atomic mass is 16.3. The van der Waals surface area contributed by atoms with Crippen molar-refractivity contribution >= 4 is 34.3 Å². The second kappa shape index (κ2) is 13.8. The third-order valence-corrected chi connectivity index (χ3v) is 8.77. The van der Waals surface area contributed by atoms with Crippen LogP contribution in [0.5, 0.6) is 5.75 Å². The van der Waals surface area contributed by atoms with Crippen molar-refractivity contribution in [3.8, 4) is 5.75 Å². The van der Waals surface area contributed by atoms with Crippen LogP contribution >= 0.6 is 0 Å². The standard InChI is InChI=1S/C38H40N4O3/c1-2-34(28-6-4-3-5-7-28)37(30-12-18-33(43)19-13-30)29-10-16-32(17-11-29)42-24-22-41(23-25-42)26-27-8-14-31(15-9-27)39-35-20-21-36(44)40-38(35)45/h3-19,35,39,43H,2,20-26H2,1H3,(H,40,44,45). The van der Waals surface area contributed by atoms with E-state index in [2.05, 4.69) is 88.0 Å². The van der Waals surface area contributed by atoms with E-state index < -0.39 is 0 Å². The molecule has 2 fully saturated rings. The first-order valence-corrected chi connectivity index (χ1v) is 15.8. The van der Waals surface area contributed by atoms with Gasteiger partial charge in [0.2, 0.25) is 11.8 Å². The number of carbonyl (C=O) groups excluding carboxylic acids is 2. The Hall–Kier alpha value is -4.88. The first kappa shape index (κ1) is 30.2. The van der Waals surface area contributed by atoms with Crippen molar-refractivity contribution in [2.75, 3.05) is 36.4 Å². The first-order chi connectivity index (χ1) is 22.0. The lowest BCUT2D eigenvalue weighted by molar-refractivity contribution is -0.133. The number of nitrogens with zero attached hydrogens (tertiary/aromatic N) is 2. The number of carbonyl (C=O) groups is 2. The summed E-state index contributed by atoms with van der Waals surface area (Å²) in [7, 11) is 0. The molecule has 0 aromatic heterocycles. The molecule has 6 rings (SSSR count). The number of phenolic OH excluding ortho intramolecular Hbond substituents is 1. The summed E-state index contributed by atoms with van der Waals surface area (Å²) < 4.78 is 0. The molecule has 0 saturated carbocycles. The van der Waals surface area contributed by atoms with E-state index in [0.29, 0.717) is 12.8 Å². The fourth-order valence-electron chi connectivity index (χ4n) is 6.31. The number of piperidine rings is 1. The number of amides is 2. The Balaban J connectivity index is 1.09. The zero-order valence-corrected chi connectivity index (χ0v) is 25.7. The molecule has 45 heavy (non-hydrogen) atoms. The Kier molecular flexibility index (Phi) is 9.27. The van der Waals surface area contributed by atoms with E-state index in [4.69, 9.17) is 0 Å². The van der Waals surface area contributed by atoms with Crippen molar-refractivity contribution in [2.24, 2.45) is 0 Å². The number of phenols is 1. The fourth-order valence-corrected chi connectivity index (χ4v) is 6.31. The van der Waals surface area contributed by atoms with Gasteiger partial charge < -0.3 is 15.3 Å². The number of nitrogens with one attached hydrogen (secondary N) is 2. The van der Waals surface area contributed by atoms with Crippen LogP contribution in [0.15, 0.2) is 103 Å². The van der Waals surface area contributed by atoms with E-state index in [1.807, 2.05) is 30.3 Å². The van der Waals surface area contributed by atoms with Crippen molar-refractivity contribution in [2.45, 2.75) is 38.8 Å². The number of anilines is 2. The number of hydrogen-bond donors (Lipinski definition) is 3. The Labute approximate surface area is 265 Å². The van der Waals surface area contributed by atoms with Gasteiger partial charge in [0.15, 0.2) is 0 Å². The quantitative estimate of drug-likeness (QED) is 0.155. The summed E-state index contributed by atoms with van der Waals surface area (Å²) in [4.78, 5) is 28.4. The van der Waals surface area contributed by atoms with Gasteiger partial charge in [0, 0.05) is 50.5 Å². The van der Waals surface area contributed by atoms with E-state index >= 15 is 0 Å². The van der Waals surface area contributed by atoms with Crippen LogP contribution in [0.25, 0.3) is 11.1 Å². The smallest absolute Gasteiger partial charge is 0.249 e. The van der Waals surface area contributed by atoms with Gasteiger partial charge in [-0.15, -0.1) is 0 Å². The molecule has 0 radical (unpaired) electrons. The normalized spacial score (nSPS) is 17.9. The third kappa shape index (κ3) is 7.27. The third-order valence-electron chi connectivity index (χ3n) is 8.77. The molecular weight excluding hydrogens is 560 g/mol. The molecule has 1 unspecified atom stereocenters. The lowest BCUT2D eigenvalue weighted by Crippen LogP contribution is -2.47. The summed E-state index contributed by atoms with van der Waals surface area (Å²) in [5, 5.41) is 15.6. The molecule has 0 aliphatic carbocycles. The van der Waals surface area contributed by atoms with Gasteiger partial charge >= 0.3 is 0 Å². The van der Waals surface area contributed by atoms with Crippen molar-refractivity contribution in [3.05, 3.63) is 125 Å². The van der Waals surface area contributed by atoms with Gasteiger partial charge in [-0.2, -0.15) is 0 Å². The number of allylic oxidation sites excluding steroid dienone is 1. The van der Waals surface area contributed by atoms with E-state index in [1.165, 1.54) is 33.5 Å². The lowest BCUT2D eigenvalue weighted by Gasteiger charge is -2.36. The van der Waals surface area contributed by atoms with Gasteiger partial charge in [-0.3, -0.25) is 19.8 Å². The first-order valence-electron chi connectivity index (χ1n) is 15.8. The van der Waals surface area contributed by atoms with Crippen LogP contribution in [0.1, 0.15) is 48.4 Å². The predicted octanol–water partition coefficient (Wildman–Crippen LogP) is 6.30. The minimum atomic E-state index is -0.372. The van der Waals surface area contributed by atoms with Crippen LogP contribution in [0, 0.1) is 0 Å². The molecule has 2 saturated heterocycles. The number of imide groups is 1. The molecule has 0 bridgehead atoms. The number of rotatable bonds is 9. The van der Waals surface area contributed by atoms with Crippen molar-refractivity contribution in [1.82, 2.24) is 10.2 Å². The van der Waals surface area contributed by atoms with E-state index in [-0.39, 0.29) is 23.6 Å². The second-order valence-corrected chi connectivity index (χ2v) is 11.8. The molecule has 2 amide bonds. The Morgan fingerprint density at radius 3 is 2.07 bits per heavy atom. The van der Waals surface area contributed by atoms with Gasteiger partial charge in [0.25, 0.3) is 0 Å². The zero-order chi connectivity index (χ0) is 31.2. The van der Waals surface area contributed by atoms with E-state index in [0.717, 1.165) is 50.4 Å². The number of aromatic hydroxyl groups is 1. The summed E-state index contributed by atoms with van der Waals surface area (Å²) in [6.07, 6.45) is 1.77. The molecule has 4 aromatic rings. The average molecular weight is 601 g/mol. The summed E-state index contributed by atoms with van der Waals surface area (Å²) >= 11 is 0. The monoisotopic (exact) mass is 600 g/mol. The maximum Gasteiger partial charge on any atom is 0.249 e. The van der Waals surface area contributed by atoms with Crippen molar-refractivity contribution in [3.63, 3.8) is 0 Å². The largest absolute Gasteiger partial charge is 0.508 e. The number of piperazine rings is 1. The molecule has 2 aliphatic heterocycles. The van der Waals surface area contributed by atoms with Gasteiger partial charge in [0.05, 0.1) is 0 Å². The Morgan fingerprint density at radius 1 is 0.800 bits per heavy atom. The summed E-state index contributed by atoms with van der Waals surface area (Å²) in [6, 6.07) is 34.9. The zero-order valence-electron chi connectivity index (χ0n) is 25.7. The van der Waals surface area contributed by atoms with Crippen LogP contribution in [0.2, 0.25) is 0 Å². The summed E-state index contributed by atoms with van der Waals surface area (Å²) in [5.41, 5.74) is 9.29. The van der Waals surface area contributed by atoms with E-state index in [1.54, 1.807) is 12.1 Å². The highest BCUT2D eigenvalue weighted by Gasteiger charge is 2.26. The minimum Gasteiger partial charge on any atom is -0.508 e. The molecule has 4 aromatic carbocycles. The van der Waals surface area contributed by atoms with Crippen LogP contribution in [-0.4, -0.2) is 54.0 Å². The Bertz CT molecular complexity index is 1640. The Morgan fingerprint density at radius 2 is 1.44 bits per heavy atom. The summed E-state index contributed by atoms with van der Waals surface area (Å²) in [5.74, 6) is -0.189. The number of benzene rings is 4. The molecule has 7 nitrogen and oxygen atoms in total. The lowest BCUT2D eigenvalue weighted by atomic mass is 9.88. The molecular formula is C38H40N4O3. The summed E-state index contributed by atoms with van der Waals surface area (Å²) in [6.45, 7) is 6.95. The average Bonchev–Trinajstić information content (AvgIpc) is 3.07. The molecule has 3 N–H and O–H groups in total. The molecule has 0 spiro atoms. The minimum absolute atomic E-state index is 0.202. The predicted molar refractivity (Wildman–Crippen MR) is 181 cm³/mol. The molecule has 2 heterocycles. The van der Waals surface area contributed by atoms with E-state index in [9.17, 15) is 14.7 Å². The van der Waals surface area contributed by atoms with Crippen LogP contribution in [0.4, 0.5) is 11.4 Å². The van der Waals surface area contributed by atoms with Crippen LogP contribution < -0.4 is 15.5 Å². The van der Waals surface area contributed by atoms with Gasteiger partial charge in [-0.1, -0.05) is 73.7 Å². The highest BCUT2D eigenvalue weighted by Crippen LogP contribution is 2.35. The molecule has 7 heteroatoms. The number of hydrogen-bond acceptors (Lipinski definition) is 6. The molecule has 1 atom stereocenters. The van der Waals surface area contributed by atoms with Crippen molar-refractivity contribution < 1.29 is 14.7 Å². The van der Waals surface area contributed by atoms with Gasteiger partial charge in [-0.05, 0) is 82.6 Å². The van der Waals surface area contributed by atoms with Crippen LogP contribution in [0.3, 0.4) is 0 Å².